The van der Waals surface area contributed by atoms with Crippen molar-refractivity contribution in [3.05, 3.63) is 48.5 Å². The molecule has 1 heterocycles. The first-order valence-corrected chi connectivity index (χ1v) is 8.35. The molecule has 1 aromatic carbocycles. The molecule has 1 aromatic heterocycles. The molecule has 2 N–H and O–H groups in total. The number of sulfonamides is 1. The fourth-order valence-corrected chi connectivity index (χ4v) is 2.89. The van der Waals surface area contributed by atoms with Crippen molar-refractivity contribution < 1.29 is 8.42 Å². The van der Waals surface area contributed by atoms with Crippen LogP contribution in [-0.2, 0) is 23.1 Å². The molecule has 0 amide bonds. The van der Waals surface area contributed by atoms with Gasteiger partial charge in [-0.2, -0.15) is 0 Å². The largest absolute Gasteiger partial charge is 0.336 e. The molecule has 114 valence electrons. The second kappa shape index (κ2) is 7.35. The number of hydrogen-bond acceptors (Lipinski definition) is 4. The molecule has 0 spiro atoms. The molecule has 0 radical (unpaired) electrons. The van der Waals surface area contributed by atoms with E-state index in [1.807, 2.05) is 23.6 Å². The zero-order valence-electron chi connectivity index (χ0n) is 12.0. The van der Waals surface area contributed by atoms with Crippen LogP contribution in [0.15, 0.2) is 47.9 Å². The lowest BCUT2D eigenvalue weighted by atomic mass is 10.2. The molecule has 21 heavy (non-hydrogen) atoms. The molecular formula is C14H20N4O2S. The van der Waals surface area contributed by atoms with E-state index in [0.717, 1.165) is 18.7 Å². The lowest BCUT2D eigenvalue weighted by Crippen LogP contribution is -2.27. The van der Waals surface area contributed by atoms with Gasteiger partial charge in [-0.1, -0.05) is 19.1 Å². The molecule has 0 fully saturated rings. The van der Waals surface area contributed by atoms with Crippen molar-refractivity contribution in [1.29, 1.82) is 0 Å². The van der Waals surface area contributed by atoms with Gasteiger partial charge in [-0.05, 0) is 24.2 Å². The quantitative estimate of drug-likeness (QED) is 0.762. The lowest BCUT2D eigenvalue weighted by molar-refractivity contribution is 0.572. The second-order valence-corrected chi connectivity index (χ2v) is 6.39. The molecule has 0 aliphatic heterocycles. The van der Waals surface area contributed by atoms with E-state index in [1.54, 1.807) is 30.9 Å². The summed E-state index contributed by atoms with van der Waals surface area (Å²) in [6.45, 7) is 4.54. The molecular weight excluding hydrogens is 288 g/mol. The van der Waals surface area contributed by atoms with Crippen LogP contribution in [-0.4, -0.2) is 31.1 Å². The minimum absolute atomic E-state index is 0.286. The van der Waals surface area contributed by atoms with Crippen molar-refractivity contribution in [2.75, 3.05) is 13.1 Å². The van der Waals surface area contributed by atoms with Crippen LogP contribution in [0.4, 0.5) is 0 Å². The van der Waals surface area contributed by atoms with Crippen LogP contribution in [0, 0.1) is 0 Å². The maximum Gasteiger partial charge on any atom is 0.240 e. The van der Waals surface area contributed by atoms with Gasteiger partial charge in [0.2, 0.25) is 10.0 Å². The third kappa shape index (κ3) is 4.66. The van der Waals surface area contributed by atoms with Crippen LogP contribution in [0.25, 0.3) is 0 Å². The van der Waals surface area contributed by atoms with Crippen LogP contribution < -0.4 is 10.0 Å². The van der Waals surface area contributed by atoms with Crippen LogP contribution in [0.2, 0.25) is 0 Å². The van der Waals surface area contributed by atoms with E-state index in [2.05, 4.69) is 15.0 Å². The Morgan fingerprint density at radius 3 is 2.62 bits per heavy atom. The summed E-state index contributed by atoms with van der Waals surface area (Å²) in [5.41, 5.74) is 1.06. The monoisotopic (exact) mass is 308 g/mol. The van der Waals surface area contributed by atoms with Gasteiger partial charge in [-0.25, -0.2) is 18.1 Å². The van der Waals surface area contributed by atoms with E-state index in [1.165, 1.54) is 0 Å². The van der Waals surface area contributed by atoms with Crippen molar-refractivity contribution in [2.45, 2.75) is 24.9 Å². The first-order valence-electron chi connectivity index (χ1n) is 6.87. The third-order valence-electron chi connectivity index (χ3n) is 3.03. The molecule has 0 bridgehead atoms. The van der Waals surface area contributed by atoms with E-state index in [4.69, 9.17) is 0 Å². The van der Waals surface area contributed by atoms with E-state index in [-0.39, 0.29) is 4.90 Å². The number of benzene rings is 1. The summed E-state index contributed by atoms with van der Waals surface area (Å²) in [5.74, 6) is 0. The number of aromatic nitrogens is 2. The van der Waals surface area contributed by atoms with Crippen molar-refractivity contribution in [1.82, 2.24) is 19.6 Å². The standard InChI is InChI=1S/C14H20N4O2S/c1-2-15-11-13-3-5-14(6-4-13)21(19,20)17-8-10-18-9-7-16-12-18/h3-7,9,12,15,17H,2,8,10-11H2,1H3. The molecule has 2 rings (SSSR count). The smallest absolute Gasteiger partial charge is 0.240 e. The second-order valence-electron chi connectivity index (χ2n) is 4.62. The number of hydrogen-bond donors (Lipinski definition) is 2. The maximum absolute atomic E-state index is 12.1. The van der Waals surface area contributed by atoms with Crippen LogP contribution >= 0.6 is 0 Å². The van der Waals surface area contributed by atoms with Gasteiger partial charge in [-0.3, -0.25) is 0 Å². The van der Waals surface area contributed by atoms with Gasteiger partial charge in [0.05, 0.1) is 11.2 Å². The molecule has 0 saturated carbocycles. The molecule has 7 heteroatoms. The van der Waals surface area contributed by atoms with Gasteiger partial charge in [0.25, 0.3) is 0 Å². The lowest BCUT2D eigenvalue weighted by Gasteiger charge is -2.08. The summed E-state index contributed by atoms with van der Waals surface area (Å²) >= 11 is 0. The molecule has 6 nitrogen and oxygen atoms in total. The zero-order valence-corrected chi connectivity index (χ0v) is 12.8. The highest BCUT2D eigenvalue weighted by atomic mass is 32.2. The van der Waals surface area contributed by atoms with Gasteiger partial charge in [0.1, 0.15) is 0 Å². The molecule has 0 atom stereocenters. The molecule has 0 aliphatic carbocycles. The summed E-state index contributed by atoms with van der Waals surface area (Å²) < 4.78 is 28.7. The Balaban J connectivity index is 1.92. The summed E-state index contributed by atoms with van der Waals surface area (Å²) in [7, 11) is -3.45. The average molecular weight is 308 g/mol. The van der Waals surface area contributed by atoms with Crippen molar-refractivity contribution in [3.8, 4) is 0 Å². The van der Waals surface area contributed by atoms with Crippen LogP contribution in [0.3, 0.4) is 0 Å². The van der Waals surface area contributed by atoms with E-state index < -0.39 is 10.0 Å². The fraction of sp³-hybridized carbons (Fsp3) is 0.357. The molecule has 0 saturated heterocycles. The van der Waals surface area contributed by atoms with Crippen molar-refractivity contribution in [2.24, 2.45) is 0 Å². The first-order chi connectivity index (χ1) is 10.1. The Kier molecular flexibility index (Phi) is 5.49. The Morgan fingerprint density at radius 1 is 1.24 bits per heavy atom. The molecule has 2 aromatic rings. The summed E-state index contributed by atoms with van der Waals surface area (Å²) in [5, 5.41) is 3.20. The van der Waals surface area contributed by atoms with E-state index in [9.17, 15) is 8.42 Å². The van der Waals surface area contributed by atoms with Gasteiger partial charge in [0, 0.05) is 32.0 Å². The topological polar surface area (TPSA) is 76.0 Å². The number of nitrogens with one attached hydrogen (secondary N) is 2. The maximum atomic E-state index is 12.1. The summed E-state index contributed by atoms with van der Waals surface area (Å²) in [6.07, 6.45) is 5.12. The molecule has 0 unspecified atom stereocenters. The normalized spacial score (nSPS) is 11.7. The van der Waals surface area contributed by atoms with E-state index in [0.29, 0.717) is 13.1 Å². The Morgan fingerprint density at radius 2 is 2.00 bits per heavy atom. The van der Waals surface area contributed by atoms with Gasteiger partial charge >= 0.3 is 0 Å². The number of nitrogens with zero attached hydrogens (tertiary/aromatic N) is 2. The van der Waals surface area contributed by atoms with Crippen LogP contribution in [0.1, 0.15) is 12.5 Å². The van der Waals surface area contributed by atoms with Gasteiger partial charge in [0.15, 0.2) is 0 Å². The van der Waals surface area contributed by atoms with Crippen molar-refractivity contribution >= 4 is 10.0 Å². The minimum Gasteiger partial charge on any atom is -0.336 e. The highest BCUT2D eigenvalue weighted by Crippen LogP contribution is 2.10. The summed E-state index contributed by atoms with van der Waals surface area (Å²) in [6, 6.07) is 6.92. The minimum atomic E-state index is -3.45. The van der Waals surface area contributed by atoms with Crippen LogP contribution in [0.5, 0.6) is 0 Å². The SMILES string of the molecule is CCNCc1ccc(S(=O)(=O)NCCn2ccnc2)cc1. The van der Waals surface area contributed by atoms with E-state index >= 15 is 0 Å². The highest BCUT2D eigenvalue weighted by Gasteiger charge is 2.12. The van der Waals surface area contributed by atoms with Gasteiger partial charge < -0.3 is 9.88 Å². The highest BCUT2D eigenvalue weighted by molar-refractivity contribution is 7.89. The third-order valence-corrected chi connectivity index (χ3v) is 4.51. The van der Waals surface area contributed by atoms with Gasteiger partial charge in [-0.15, -0.1) is 0 Å². The number of rotatable bonds is 8. The number of imidazole rings is 1. The Hall–Kier alpha value is -1.70. The Labute approximate surface area is 125 Å². The molecule has 0 aliphatic rings. The fourth-order valence-electron chi connectivity index (χ4n) is 1.87. The van der Waals surface area contributed by atoms with Crippen molar-refractivity contribution in [3.63, 3.8) is 0 Å². The average Bonchev–Trinajstić information content (AvgIpc) is 2.98. The zero-order chi connectivity index (χ0) is 15.1. The summed E-state index contributed by atoms with van der Waals surface area (Å²) in [4.78, 5) is 4.19. The predicted octanol–water partition coefficient (Wildman–Crippen LogP) is 0.971. The first kappa shape index (κ1) is 15.7. The predicted molar refractivity (Wildman–Crippen MR) is 81.2 cm³/mol. The Bertz CT molecular complexity index is 636.